The van der Waals surface area contributed by atoms with Crippen LogP contribution in [0.3, 0.4) is 0 Å². The molecule has 1 heterocycles. The summed E-state index contributed by atoms with van der Waals surface area (Å²) < 4.78 is 0. The van der Waals surface area contributed by atoms with Crippen molar-refractivity contribution >= 4 is 0 Å². The van der Waals surface area contributed by atoms with Crippen molar-refractivity contribution in [1.82, 2.24) is 10.3 Å². The maximum absolute atomic E-state index is 9.32. The largest absolute Gasteiger partial charge is 0.396 e. The molecule has 0 aromatic carbocycles. The van der Waals surface area contributed by atoms with E-state index < -0.39 is 0 Å². The molecule has 3 nitrogen and oxygen atoms in total. The first-order valence-corrected chi connectivity index (χ1v) is 5.85. The first-order chi connectivity index (χ1) is 7.61. The van der Waals surface area contributed by atoms with E-state index in [4.69, 9.17) is 0 Å². The highest BCUT2D eigenvalue weighted by atomic mass is 16.3. The summed E-state index contributed by atoms with van der Waals surface area (Å²) in [7, 11) is 0. The van der Waals surface area contributed by atoms with E-state index in [-0.39, 0.29) is 18.1 Å². The average molecular weight is 222 g/mol. The number of nitrogens with one attached hydrogen (secondary N) is 1. The number of hydrogen-bond acceptors (Lipinski definition) is 3. The number of hydrogen-bond donors (Lipinski definition) is 2. The molecular weight excluding hydrogens is 200 g/mol. The third-order valence-electron chi connectivity index (χ3n) is 3.25. The lowest BCUT2D eigenvalue weighted by molar-refractivity contribution is 0.132. The molecule has 90 valence electrons. The molecule has 1 rings (SSSR count). The Hall–Kier alpha value is -0.930. The Morgan fingerprint density at radius 1 is 1.56 bits per heavy atom. The SMILES string of the molecule is CCC(C)(CO)CN[C@H](C)c1cccnc1. The number of aliphatic hydroxyl groups is 1. The summed E-state index contributed by atoms with van der Waals surface area (Å²) in [5.74, 6) is 0. The molecule has 0 spiro atoms. The minimum absolute atomic E-state index is 0.0313. The van der Waals surface area contributed by atoms with E-state index in [1.54, 1.807) is 6.20 Å². The fourth-order valence-electron chi connectivity index (χ4n) is 1.44. The number of aromatic nitrogens is 1. The number of rotatable bonds is 6. The van der Waals surface area contributed by atoms with Gasteiger partial charge in [-0.05, 0) is 25.0 Å². The van der Waals surface area contributed by atoms with Crippen LogP contribution in [0.25, 0.3) is 0 Å². The third kappa shape index (κ3) is 3.58. The van der Waals surface area contributed by atoms with Gasteiger partial charge < -0.3 is 10.4 Å². The Balaban J connectivity index is 2.50. The zero-order valence-electron chi connectivity index (χ0n) is 10.4. The maximum Gasteiger partial charge on any atom is 0.0496 e. The van der Waals surface area contributed by atoms with Gasteiger partial charge in [0.2, 0.25) is 0 Å². The van der Waals surface area contributed by atoms with Crippen LogP contribution >= 0.6 is 0 Å². The van der Waals surface area contributed by atoms with Crippen molar-refractivity contribution < 1.29 is 5.11 Å². The Morgan fingerprint density at radius 2 is 2.31 bits per heavy atom. The topological polar surface area (TPSA) is 45.1 Å². The molecule has 0 bridgehead atoms. The molecule has 0 aliphatic heterocycles. The summed E-state index contributed by atoms with van der Waals surface area (Å²) in [6, 6.07) is 4.27. The van der Waals surface area contributed by atoms with E-state index in [0.717, 1.165) is 13.0 Å². The predicted molar refractivity (Wildman–Crippen MR) is 66.1 cm³/mol. The summed E-state index contributed by atoms with van der Waals surface area (Å²) in [6.07, 6.45) is 4.62. The van der Waals surface area contributed by atoms with E-state index in [9.17, 15) is 5.11 Å². The first-order valence-electron chi connectivity index (χ1n) is 5.85. The van der Waals surface area contributed by atoms with Gasteiger partial charge in [0.25, 0.3) is 0 Å². The molecule has 0 amide bonds. The molecule has 2 N–H and O–H groups in total. The van der Waals surface area contributed by atoms with E-state index in [0.29, 0.717) is 0 Å². The summed E-state index contributed by atoms with van der Waals surface area (Å²) >= 11 is 0. The van der Waals surface area contributed by atoms with Crippen LogP contribution in [0.2, 0.25) is 0 Å². The van der Waals surface area contributed by atoms with Gasteiger partial charge in [-0.15, -0.1) is 0 Å². The van der Waals surface area contributed by atoms with Gasteiger partial charge in [-0.2, -0.15) is 0 Å². The molecule has 0 aliphatic rings. The molecular formula is C13H22N2O. The molecule has 0 saturated heterocycles. The monoisotopic (exact) mass is 222 g/mol. The minimum atomic E-state index is -0.0313. The van der Waals surface area contributed by atoms with E-state index >= 15 is 0 Å². The van der Waals surface area contributed by atoms with Gasteiger partial charge >= 0.3 is 0 Å². The lowest BCUT2D eigenvalue weighted by Gasteiger charge is -2.28. The minimum Gasteiger partial charge on any atom is -0.396 e. The highest BCUT2D eigenvalue weighted by Gasteiger charge is 2.21. The molecule has 3 heteroatoms. The second kappa shape index (κ2) is 5.97. The Morgan fingerprint density at radius 3 is 2.81 bits per heavy atom. The summed E-state index contributed by atoms with van der Waals surface area (Å²) in [5.41, 5.74) is 1.15. The fourth-order valence-corrected chi connectivity index (χ4v) is 1.44. The van der Waals surface area contributed by atoms with Crippen molar-refractivity contribution in [3.8, 4) is 0 Å². The molecule has 0 saturated carbocycles. The first kappa shape index (κ1) is 13.1. The van der Waals surface area contributed by atoms with Crippen molar-refractivity contribution in [3.63, 3.8) is 0 Å². The maximum atomic E-state index is 9.32. The Bertz CT molecular complexity index is 296. The molecule has 16 heavy (non-hydrogen) atoms. The Kier molecular flexibility index (Phi) is 4.90. The molecule has 1 unspecified atom stereocenters. The second-order valence-corrected chi connectivity index (χ2v) is 4.71. The van der Waals surface area contributed by atoms with Crippen LogP contribution in [0.1, 0.15) is 38.8 Å². The van der Waals surface area contributed by atoms with E-state index in [2.05, 4.69) is 37.1 Å². The van der Waals surface area contributed by atoms with Crippen LogP contribution in [0.15, 0.2) is 24.5 Å². The number of nitrogens with zero attached hydrogens (tertiary/aromatic N) is 1. The van der Waals surface area contributed by atoms with Gasteiger partial charge in [0.05, 0.1) is 0 Å². The van der Waals surface area contributed by atoms with Crippen molar-refractivity contribution in [2.45, 2.75) is 33.2 Å². The van der Waals surface area contributed by atoms with Crippen molar-refractivity contribution in [2.24, 2.45) is 5.41 Å². The lowest BCUT2D eigenvalue weighted by Crippen LogP contribution is -2.35. The molecule has 0 aliphatic carbocycles. The molecule has 2 atom stereocenters. The lowest BCUT2D eigenvalue weighted by atomic mass is 9.88. The molecule has 1 aromatic heterocycles. The molecule has 0 fully saturated rings. The van der Waals surface area contributed by atoms with Crippen LogP contribution in [0.5, 0.6) is 0 Å². The summed E-state index contributed by atoms with van der Waals surface area (Å²) in [4.78, 5) is 4.10. The van der Waals surface area contributed by atoms with Crippen molar-refractivity contribution in [3.05, 3.63) is 30.1 Å². The molecule has 1 aromatic rings. The van der Waals surface area contributed by atoms with E-state index in [1.165, 1.54) is 5.56 Å². The Labute approximate surface area is 97.9 Å². The van der Waals surface area contributed by atoms with Gasteiger partial charge in [-0.1, -0.05) is 19.9 Å². The fraction of sp³-hybridized carbons (Fsp3) is 0.615. The quantitative estimate of drug-likeness (QED) is 0.775. The zero-order chi connectivity index (χ0) is 12.0. The third-order valence-corrected chi connectivity index (χ3v) is 3.25. The van der Waals surface area contributed by atoms with Crippen molar-refractivity contribution in [2.75, 3.05) is 13.2 Å². The van der Waals surface area contributed by atoms with Crippen LogP contribution in [-0.4, -0.2) is 23.2 Å². The number of aliphatic hydroxyl groups excluding tert-OH is 1. The summed E-state index contributed by atoms with van der Waals surface area (Å²) in [6.45, 7) is 7.35. The van der Waals surface area contributed by atoms with Crippen LogP contribution < -0.4 is 5.32 Å². The highest BCUT2D eigenvalue weighted by Crippen LogP contribution is 2.20. The second-order valence-electron chi connectivity index (χ2n) is 4.71. The van der Waals surface area contributed by atoms with E-state index in [1.807, 2.05) is 12.3 Å². The van der Waals surface area contributed by atoms with Crippen LogP contribution in [0, 0.1) is 5.41 Å². The normalized spacial score (nSPS) is 16.8. The van der Waals surface area contributed by atoms with Gasteiger partial charge in [-0.3, -0.25) is 4.98 Å². The zero-order valence-corrected chi connectivity index (χ0v) is 10.4. The predicted octanol–water partition coefficient (Wildman–Crippen LogP) is 2.14. The van der Waals surface area contributed by atoms with Crippen LogP contribution in [-0.2, 0) is 0 Å². The molecule has 0 radical (unpaired) electrons. The van der Waals surface area contributed by atoms with Crippen LogP contribution in [0.4, 0.5) is 0 Å². The summed E-state index contributed by atoms with van der Waals surface area (Å²) in [5, 5.41) is 12.8. The van der Waals surface area contributed by atoms with Crippen molar-refractivity contribution in [1.29, 1.82) is 0 Å². The number of pyridine rings is 1. The van der Waals surface area contributed by atoms with Gasteiger partial charge in [0.15, 0.2) is 0 Å². The van der Waals surface area contributed by atoms with Gasteiger partial charge in [0, 0.05) is 37.0 Å². The highest BCUT2D eigenvalue weighted by molar-refractivity contribution is 5.12. The average Bonchev–Trinajstić information content (AvgIpc) is 2.36. The smallest absolute Gasteiger partial charge is 0.0496 e. The van der Waals surface area contributed by atoms with Gasteiger partial charge in [0.1, 0.15) is 0 Å². The van der Waals surface area contributed by atoms with Gasteiger partial charge in [-0.25, -0.2) is 0 Å². The standard InChI is InChI=1S/C13H22N2O/c1-4-13(3,10-16)9-15-11(2)12-6-5-7-14-8-12/h5-8,11,15-16H,4,9-10H2,1-3H3/t11-,13?/m1/s1.